The molecule has 2 heteroatoms. The molecule has 0 heterocycles. The molecule has 2 rings (SSSR count). The Hall–Kier alpha value is -1.15. The highest BCUT2D eigenvalue weighted by Crippen LogP contribution is 2.21. The number of fused-ring (bicyclic) bond motifs is 1. The lowest BCUT2D eigenvalue weighted by molar-refractivity contribution is 0.0974. The van der Waals surface area contributed by atoms with Crippen molar-refractivity contribution in [3.05, 3.63) is 34.9 Å². The first kappa shape index (κ1) is 7.50. The van der Waals surface area contributed by atoms with Gasteiger partial charge in [0.1, 0.15) is 0 Å². The lowest BCUT2D eigenvalue weighted by Crippen LogP contribution is -2.26. The molecule has 0 radical (unpaired) electrons. The third-order valence-corrected chi connectivity index (χ3v) is 2.31. The van der Waals surface area contributed by atoms with E-state index in [4.69, 9.17) is 5.73 Å². The normalized spacial score (nSPS) is 21.2. The van der Waals surface area contributed by atoms with Gasteiger partial charge in [0.05, 0.1) is 6.04 Å². The van der Waals surface area contributed by atoms with Crippen molar-refractivity contribution in [1.82, 2.24) is 0 Å². The second-order valence-corrected chi connectivity index (χ2v) is 3.34. The molecule has 12 heavy (non-hydrogen) atoms. The van der Waals surface area contributed by atoms with Gasteiger partial charge in [-0.25, -0.2) is 0 Å². The molecule has 2 nitrogen and oxygen atoms in total. The number of rotatable bonds is 0. The highest BCUT2D eigenvalue weighted by Gasteiger charge is 2.26. The summed E-state index contributed by atoms with van der Waals surface area (Å²) < 4.78 is 0. The maximum absolute atomic E-state index is 11.4. The number of benzene rings is 1. The van der Waals surface area contributed by atoms with Gasteiger partial charge in [0.25, 0.3) is 0 Å². The van der Waals surface area contributed by atoms with E-state index in [1.54, 1.807) is 0 Å². The molecule has 0 fully saturated rings. The lowest BCUT2D eigenvalue weighted by Gasteiger charge is -1.97. The monoisotopic (exact) mass is 161 g/mol. The molecule has 0 aromatic heterocycles. The molecule has 1 aromatic carbocycles. The summed E-state index contributed by atoms with van der Waals surface area (Å²) >= 11 is 0. The van der Waals surface area contributed by atoms with Crippen LogP contribution in [0.1, 0.15) is 21.5 Å². The zero-order chi connectivity index (χ0) is 8.72. The molecule has 0 aliphatic heterocycles. The first-order chi connectivity index (χ1) is 5.68. The molecule has 0 bridgehead atoms. The van der Waals surface area contributed by atoms with E-state index in [0.29, 0.717) is 6.42 Å². The minimum atomic E-state index is -0.304. The summed E-state index contributed by atoms with van der Waals surface area (Å²) in [5.74, 6) is 0.0914. The fourth-order valence-electron chi connectivity index (χ4n) is 1.63. The van der Waals surface area contributed by atoms with Crippen molar-refractivity contribution in [2.24, 2.45) is 5.73 Å². The summed E-state index contributed by atoms with van der Waals surface area (Å²) in [6, 6.07) is 5.63. The number of aryl methyl sites for hydroxylation is 1. The number of hydrogen-bond acceptors (Lipinski definition) is 2. The van der Waals surface area contributed by atoms with Crippen LogP contribution in [-0.2, 0) is 6.42 Å². The van der Waals surface area contributed by atoms with Crippen molar-refractivity contribution in [1.29, 1.82) is 0 Å². The molecule has 0 saturated heterocycles. The average molecular weight is 161 g/mol. The summed E-state index contributed by atoms with van der Waals surface area (Å²) in [6.45, 7) is 1.98. The first-order valence-electron chi connectivity index (χ1n) is 4.08. The molecule has 1 unspecified atom stereocenters. The van der Waals surface area contributed by atoms with Gasteiger partial charge >= 0.3 is 0 Å². The van der Waals surface area contributed by atoms with Crippen molar-refractivity contribution >= 4 is 5.78 Å². The van der Waals surface area contributed by atoms with Crippen LogP contribution in [0.3, 0.4) is 0 Å². The topological polar surface area (TPSA) is 43.1 Å². The molecule has 0 saturated carbocycles. The summed E-state index contributed by atoms with van der Waals surface area (Å²) in [4.78, 5) is 11.4. The van der Waals surface area contributed by atoms with E-state index in [1.807, 2.05) is 25.1 Å². The van der Waals surface area contributed by atoms with Gasteiger partial charge in [-0.05, 0) is 25.0 Å². The van der Waals surface area contributed by atoms with E-state index in [0.717, 1.165) is 16.7 Å². The minimum Gasteiger partial charge on any atom is -0.321 e. The number of ketones is 1. The van der Waals surface area contributed by atoms with E-state index in [-0.39, 0.29) is 11.8 Å². The third-order valence-electron chi connectivity index (χ3n) is 2.31. The minimum absolute atomic E-state index is 0.0914. The van der Waals surface area contributed by atoms with E-state index in [1.165, 1.54) is 0 Å². The third kappa shape index (κ3) is 0.959. The van der Waals surface area contributed by atoms with E-state index in [9.17, 15) is 4.79 Å². The Labute approximate surface area is 71.4 Å². The van der Waals surface area contributed by atoms with Gasteiger partial charge < -0.3 is 5.73 Å². The van der Waals surface area contributed by atoms with Crippen molar-refractivity contribution in [3.8, 4) is 0 Å². The van der Waals surface area contributed by atoms with Gasteiger partial charge in [-0.15, -0.1) is 0 Å². The SMILES string of the molecule is Cc1ccc2c(c1)C(=O)C(N)C2. The van der Waals surface area contributed by atoms with Crippen LogP contribution in [0.25, 0.3) is 0 Å². The van der Waals surface area contributed by atoms with Gasteiger partial charge in [0, 0.05) is 5.56 Å². The quantitative estimate of drug-likeness (QED) is 0.618. The Morgan fingerprint density at radius 2 is 2.25 bits per heavy atom. The number of carbonyl (C=O) groups is 1. The zero-order valence-corrected chi connectivity index (χ0v) is 7.00. The van der Waals surface area contributed by atoms with Crippen molar-refractivity contribution in [3.63, 3.8) is 0 Å². The number of hydrogen-bond donors (Lipinski definition) is 1. The molecule has 2 N–H and O–H groups in total. The van der Waals surface area contributed by atoms with Gasteiger partial charge in [0.15, 0.2) is 5.78 Å². The maximum Gasteiger partial charge on any atom is 0.180 e. The van der Waals surface area contributed by atoms with Crippen LogP contribution < -0.4 is 5.73 Å². The van der Waals surface area contributed by atoms with Crippen LogP contribution in [0.2, 0.25) is 0 Å². The van der Waals surface area contributed by atoms with Crippen molar-refractivity contribution in [2.45, 2.75) is 19.4 Å². The Morgan fingerprint density at radius 1 is 1.50 bits per heavy atom. The standard InChI is InChI=1S/C10H11NO/c1-6-2-3-7-5-9(11)10(12)8(7)4-6/h2-4,9H,5,11H2,1H3. The smallest absolute Gasteiger partial charge is 0.180 e. The first-order valence-corrected chi connectivity index (χ1v) is 4.08. The van der Waals surface area contributed by atoms with Crippen LogP contribution in [0.15, 0.2) is 18.2 Å². The number of Topliss-reactive ketones (excluding diaryl/α,β-unsaturated/α-hetero) is 1. The molecule has 0 amide bonds. The molecule has 1 atom stereocenters. The molecule has 1 aliphatic rings. The number of nitrogens with two attached hydrogens (primary N) is 1. The molecule has 62 valence electrons. The summed E-state index contributed by atoms with van der Waals surface area (Å²) in [5.41, 5.74) is 8.67. The fourth-order valence-corrected chi connectivity index (χ4v) is 1.63. The van der Waals surface area contributed by atoms with Crippen LogP contribution in [0, 0.1) is 6.92 Å². The van der Waals surface area contributed by atoms with Crippen LogP contribution in [0.5, 0.6) is 0 Å². The molecular weight excluding hydrogens is 150 g/mol. The predicted octanol–water partition coefficient (Wildman–Crippen LogP) is 1.06. The Morgan fingerprint density at radius 3 is 3.00 bits per heavy atom. The van der Waals surface area contributed by atoms with Gasteiger partial charge in [-0.2, -0.15) is 0 Å². The molecule has 0 spiro atoms. The number of carbonyl (C=O) groups excluding carboxylic acids is 1. The average Bonchev–Trinajstić information content (AvgIpc) is 2.31. The van der Waals surface area contributed by atoms with E-state index in [2.05, 4.69) is 0 Å². The summed E-state index contributed by atoms with van der Waals surface area (Å²) in [7, 11) is 0. The second-order valence-electron chi connectivity index (χ2n) is 3.34. The van der Waals surface area contributed by atoms with Gasteiger partial charge in [-0.1, -0.05) is 17.7 Å². The van der Waals surface area contributed by atoms with Crippen molar-refractivity contribution < 1.29 is 4.79 Å². The van der Waals surface area contributed by atoms with Gasteiger partial charge in [-0.3, -0.25) is 4.79 Å². The zero-order valence-electron chi connectivity index (χ0n) is 7.00. The van der Waals surface area contributed by atoms with Crippen LogP contribution >= 0.6 is 0 Å². The Kier molecular flexibility index (Phi) is 1.51. The second kappa shape index (κ2) is 2.42. The van der Waals surface area contributed by atoms with E-state index >= 15 is 0 Å². The highest BCUT2D eigenvalue weighted by atomic mass is 16.1. The Balaban J connectivity index is 2.56. The Bertz CT molecular complexity index is 344. The summed E-state index contributed by atoms with van der Waals surface area (Å²) in [6.07, 6.45) is 0.703. The highest BCUT2D eigenvalue weighted by molar-refractivity contribution is 6.04. The predicted molar refractivity (Wildman–Crippen MR) is 47.2 cm³/mol. The summed E-state index contributed by atoms with van der Waals surface area (Å²) in [5, 5.41) is 0. The lowest BCUT2D eigenvalue weighted by atomic mass is 10.1. The fraction of sp³-hybridized carbons (Fsp3) is 0.300. The largest absolute Gasteiger partial charge is 0.321 e. The maximum atomic E-state index is 11.4. The van der Waals surface area contributed by atoms with Gasteiger partial charge in [0.2, 0.25) is 0 Å². The van der Waals surface area contributed by atoms with Crippen LogP contribution in [0.4, 0.5) is 0 Å². The van der Waals surface area contributed by atoms with Crippen LogP contribution in [-0.4, -0.2) is 11.8 Å². The van der Waals surface area contributed by atoms with Crippen molar-refractivity contribution in [2.75, 3.05) is 0 Å². The molecule has 1 aliphatic carbocycles. The molecule has 1 aromatic rings. The van der Waals surface area contributed by atoms with E-state index < -0.39 is 0 Å². The molecular formula is C10H11NO.